The van der Waals surface area contributed by atoms with E-state index in [4.69, 9.17) is 5.84 Å². The van der Waals surface area contributed by atoms with Gasteiger partial charge < -0.3 is 4.90 Å². The number of likely N-dealkylation sites (tertiary alicyclic amines) is 1. The van der Waals surface area contributed by atoms with E-state index in [1.807, 2.05) is 5.43 Å². The van der Waals surface area contributed by atoms with Crippen LogP contribution < -0.4 is 11.3 Å². The second kappa shape index (κ2) is 6.45. The second-order valence-corrected chi connectivity index (χ2v) is 4.83. The fourth-order valence-corrected chi connectivity index (χ4v) is 2.51. The lowest BCUT2D eigenvalue weighted by atomic mass is 9.89. The highest BCUT2D eigenvalue weighted by Gasteiger charge is 2.39. The molecule has 1 aromatic rings. The molecule has 1 unspecified atom stereocenters. The van der Waals surface area contributed by atoms with Crippen molar-refractivity contribution in [2.24, 2.45) is 11.8 Å². The predicted molar refractivity (Wildman–Crippen MR) is 72.0 cm³/mol. The van der Waals surface area contributed by atoms with Crippen molar-refractivity contribution in [2.45, 2.75) is 18.9 Å². The largest absolute Gasteiger partial charge is 0.326 e. The van der Waals surface area contributed by atoms with Crippen LogP contribution in [-0.4, -0.2) is 35.6 Å². The molecule has 111 valence electrons. The number of hydrogen-bond donors (Lipinski definition) is 2. The first kappa shape index (κ1) is 15.1. The lowest BCUT2D eigenvalue weighted by Gasteiger charge is -2.37. The van der Waals surface area contributed by atoms with Crippen LogP contribution >= 0.6 is 0 Å². The predicted octanol–water partition coefficient (Wildman–Crippen LogP) is 0.146. The average molecular weight is 292 g/mol. The Hall–Kier alpha value is -2.28. The number of hydrogen-bond acceptors (Lipinski definition) is 4. The molecule has 1 aliphatic rings. The molecule has 21 heavy (non-hydrogen) atoms. The first-order chi connectivity index (χ1) is 10.1. The smallest absolute Gasteiger partial charge is 0.257 e. The highest BCUT2D eigenvalue weighted by molar-refractivity contribution is 5.98. The van der Waals surface area contributed by atoms with Crippen molar-refractivity contribution in [3.63, 3.8) is 0 Å². The summed E-state index contributed by atoms with van der Waals surface area (Å²) in [5.41, 5.74) is 2.22. The van der Waals surface area contributed by atoms with Crippen molar-refractivity contribution in [3.8, 4) is 0 Å². The number of nitrogens with two attached hydrogens (primary N) is 1. The van der Waals surface area contributed by atoms with E-state index in [2.05, 4.69) is 0 Å². The summed E-state index contributed by atoms with van der Waals surface area (Å²) in [5, 5.41) is 0. The number of nitrogens with zero attached hydrogens (tertiary/aromatic N) is 1. The van der Waals surface area contributed by atoms with E-state index in [1.54, 1.807) is 6.29 Å². The van der Waals surface area contributed by atoms with Crippen LogP contribution in [-0.2, 0) is 9.59 Å². The molecule has 3 N–H and O–H groups in total. The van der Waals surface area contributed by atoms with E-state index in [0.717, 1.165) is 0 Å². The number of nitrogens with one attached hydrogen (secondary N) is 1. The number of carbonyl (C=O) groups is 2. The number of piperidine rings is 1. The van der Waals surface area contributed by atoms with Gasteiger partial charge in [-0.15, -0.1) is 0 Å². The molecule has 1 radical (unpaired) electrons. The van der Waals surface area contributed by atoms with Gasteiger partial charge in [0.1, 0.15) is 11.9 Å². The maximum Gasteiger partial charge on any atom is 0.257 e. The van der Waals surface area contributed by atoms with Gasteiger partial charge in [-0.3, -0.25) is 19.8 Å². The third-order valence-electron chi connectivity index (χ3n) is 3.55. The maximum atomic E-state index is 12.9. The maximum absolute atomic E-state index is 12.9. The van der Waals surface area contributed by atoms with Gasteiger partial charge >= 0.3 is 0 Å². The summed E-state index contributed by atoms with van der Waals surface area (Å²) < 4.78 is 12.9. The van der Waals surface area contributed by atoms with E-state index in [-0.39, 0.29) is 5.56 Å². The molecule has 0 saturated carbocycles. The minimum atomic E-state index is -0.987. The molecule has 1 fully saturated rings. The van der Waals surface area contributed by atoms with Crippen LogP contribution in [0.4, 0.5) is 4.39 Å². The van der Waals surface area contributed by atoms with Crippen LogP contribution in [0, 0.1) is 11.7 Å². The molecule has 1 aliphatic heterocycles. The second-order valence-electron chi connectivity index (χ2n) is 4.83. The summed E-state index contributed by atoms with van der Waals surface area (Å²) in [6.45, 7) is 0.326. The summed E-state index contributed by atoms with van der Waals surface area (Å²) >= 11 is 0. The quantitative estimate of drug-likeness (QED) is 0.471. The van der Waals surface area contributed by atoms with Gasteiger partial charge in [-0.1, -0.05) is 0 Å². The van der Waals surface area contributed by atoms with E-state index in [0.29, 0.717) is 19.4 Å². The molecule has 1 saturated heterocycles. The molecule has 6 nitrogen and oxygen atoms in total. The highest BCUT2D eigenvalue weighted by Crippen LogP contribution is 2.24. The van der Waals surface area contributed by atoms with Crippen molar-refractivity contribution in [3.05, 3.63) is 35.6 Å². The summed E-state index contributed by atoms with van der Waals surface area (Å²) in [4.78, 5) is 36.6. The molecular weight excluding hydrogens is 277 g/mol. The van der Waals surface area contributed by atoms with Crippen LogP contribution in [0.25, 0.3) is 0 Å². The van der Waals surface area contributed by atoms with E-state index < -0.39 is 29.6 Å². The summed E-state index contributed by atoms with van der Waals surface area (Å²) in [6, 6.07) is 4.02. The monoisotopic (exact) mass is 292 g/mol. The number of amides is 2. The van der Waals surface area contributed by atoms with E-state index >= 15 is 0 Å². The van der Waals surface area contributed by atoms with Crippen molar-refractivity contribution in [1.29, 1.82) is 0 Å². The van der Waals surface area contributed by atoms with Gasteiger partial charge in [0.15, 0.2) is 0 Å². The number of carbonyl (C=O) groups excluding carboxylic acids is 3. The summed E-state index contributed by atoms with van der Waals surface area (Å²) in [6.07, 6.45) is 2.85. The lowest BCUT2D eigenvalue weighted by molar-refractivity contribution is -0.127. The number of benzene rings is 1. The zero-order chi connectivity index (χ0) is 15.4. The Kier molecular flexibility index (Phi) is 4.64. The number of rotatable bonds is 3. The average Bonchev–Trinajstić information content (AvgIpc) is 2.53. The van der Waals surface area contributed by atoms with Gasteiger partial charge in [-0.2, -0.15) is 0 Å². The lowest BCUT2D eigenvalue weighted by Crippen LogP contribution is -2.57. The molecule has 0 aliphatic carbocycles. The Morgan fingerprint density at radius 2 is 2.00 bits per heavy atom. The zero-order valence-corrected chi connectivity index (χ0v) is 11.2. The summed E-state index contributed by atoms with van der Waals surface area (Å²) in [7, 11) is 0. The van der Waals surface area contributed by atoms with Crippen LogP contribution in [0.1, 0.15) is 23.2 Å². The van der Waals surface area contributed by atoms with Crippen LogP contribution in [0.2, 0.25) is 0 Å². The van der Waals surface area contributed by atoms with Gasteiger partial charge in [-0.25, -0.2) is 10.2 Å². The molecule has 2 atom stereocenters. The molecule has 1 heterocycles. The topological polar surface area (TPSA) is 92.5 Å². The molecule has 2 rings (SSSR count). The Bertz CT molecular complexity index is 547. The highest BCUT2D eigenvalue weighted by atomic mass is 19.1. The minimum Gasteiger partial charge on any atom is -0.326 e. The van der Waals surface area contributed by atoms with Gasteiger partial charge in [-0.05, 0) is 37.1 Å². The Labute approximate surface area is 121 Å². The van der Waals surface area contributed by atoms with Gasteiger partial charge in [0.2, 0.25) is 6.29 Å². The van der Waals surface area contributed by atoms with Gasteiger partial charge in [0, 0.05) is 12.1 Å². The van der Waals surface area contributed by atoms with Crippen molar-refractivity contribution >= 4 is 18.1 Å². The first-order valence-electron chi connectivity index (χ1n) is 6.53. The van der Waals surface area contributed by atoms with Crippen LogP contribution in [0.5, 0.6) is 0 Å². The van der Waals surface area contributed by atoms with Crippen LogP contribution in [0.15, 0.2) is 24.3 Å². The Morgan fingerprint density at radius 3 is 2.57 bits per heavy atom. The zero-order valence-electron chi connectivity index (χ0n) is 11.2. The molecule has 2 amide bonds. The first-order valence-corrected chi connectivity index (χ1v) is 6.53. The molecule has 7 heteroatoms. The van der Waals surface area contributed by atoms with Crippen molar-refractivity contribution in [1.82, 2.24) is 10.3 Å². The molecule has 0 bridgehead atoms. The third-order valence-corrected chi connectivity index (χ3v) is 3.55. The molecule has 0 aromatic heterocycles. The fourth-order valence-electron chi connectivity index (χ4n) is 2.51. The SMILES string of the molecule is NNC(=O)C1[C@@H]([C]=O)CCCN1C(=O)c1ccc(F)cc1. The van der Waals surface area contributed by atoms with E-state index in [9.17, 15) is 18.8 Å². The molecule has 0 spiro atoms. The Morgan fingerprint density at radius 1 is 1.33 bits per heavy atom. The number of halogens is 1. The molecular formula is C14H15FN3O3. The van der Waals surface area contributed by atoms with Gasteiger partial charge in [0.05, 0.1) is 5.92 Å². The van der Waals surface area contributed by atoms with Crippen molar-refractivity contribution < 1.29 is 18.8 Å². The fraction of sp³-hybridized carbons (Fsp3) is 0.357. The minimum absolute atomic E-state index is 0.248. The standard InChI is InChI=1S/C14H15FN3O3/c15-11-5-3-9(4-6-11)14(21)18-7-1-2-10(8-19)12(18)13(20)17-16/h3-6,10,12H,1-2,7,16H2,(H,17,20)/t10-,12?/m1/s1. The molecule has 1 aromatic carbocycles. The van der Waals surface area contributed by atoms with Crippen LogP contribution in [0.3, 0.4) is 0 Å². The Balaban J connectivity index is 2.29. The third kappa shape index (κ3) is 3.08. The van der Waals surface area contributed by atoms with Gasteiger partial charge in [0.25, 0.3) is 11.8 Å². The number of hydrazine groups is 1. The van der Waals surface area contributed by atoms with E-state index in [1.165, 1.54) is 29.2 Å². The van der Waals surface area contributed by atoms with Crippen molar-refractivity contribution in [2.75, 3.05) is 6.54 Å². The summed E-state index contributed by atoms with van der Waals surface area (Å²) in [5.74, 6) is 2.90. The normalized spacial score (nSPS) is 21.7.